The summed E-state index contributed by atoms with van der Waals surface area (Å²) in [5, 5.41) is 10.3. The third-order valence-corrected chi connectivity index (χ3v) is 8.25. The van der Waals surface area contributed by atoms with Crippen LogP contribution < -0.4 is 5.32 Å². The van der Waals surface area contributed by atoms with E-state index in [0.29, 0.717) is 55.3 Å². The quantitative estimate of drug-likeness (QED) is 0.210. The highest BCUT2D eigenvalue weighted by Crippen LogP contribution is 2.35. The molecule has 0 atom stereocenters. The number of imidazole rings is 1. The molecule has 1 saturated carbocycles. The molecule has 11 heteroatoms. The lowest BCUT2D eigenvalue weighted by Crippen LogP contribution is -2.24. The average molecular weight is 556 g/mol. The fourth-order valence-corrected chi connectivity index (χ4v) is 6.10. The Kier molecular flexibility index (Phi) is 6.07. The number of nitrogens with zero attached hydrogens (tertiary/aromatic N) is 4. The molecule has 0 aliphatic heterocycles. The standard InChI is InChI=1S/C29H23F2N7OS/c30-20-12-16(17-10-18(14-32-13-17)34-29(39)15-4-2-1-3-5-15)11-19-24(20)37-38-25(19)28-35-21-8-9-33-27(26(21)36-28)22-6-7-23(31)40-22/h6-15H,1-5H2,(H,34,39)(H,35,36)(H,37,38). The summed E-state index contributed by atoms with van der Waals surface area (Å²) >= 11 is 0.994. The first-order valence-corrected chi connectivity index (χ1v) is 13.9. The Morgan fingerprint density at radius 3 is 2.70 bits per heavy atom. The number of H-pyrrole nitrogens is 2. The van der Waals surface area contributed by atoms with Gasteiger partial charge < -0.3 is 10.3 Å². The summed E-state index contributed by atoms with van der Waals surface area (Å²) in [5.41, 5.74) is 4.33. The number of fused-ring (bicyclic) bond motifs is 2. The Hall–Kier alpha value is -4.51. The molecule has 8 nitrogen and oxygen atoms in total. The zero-order chi connectivity index (χ0) is 27.2. The van der Waals surface area contributed by atoms with E-state index in [0.717, 1.165) is 37.0 Å². The number of amides is 1. The van der Waals surface area contributed by atoms with E-state index in [4.69, 9.17) is 4.98 Å². The third-order valence-electron chi connectivity index (χ3n) is 7.37. The van der Waals surface area contributed by atoms with Gasteiger partial charge in [0, 0.05) is 29.3 Å². The molecule has 0 saturated heterocycles. The smallest absolute Gasteiger partial charge is 0.227 e. The first-order valence-electron chi connectivity index (χ1n) is 13.1. The second kappa shape index (κ2) is 9.91. The molecule has 1 aliphatic carbocycles. The Morgan fingerprint density at radius 1 is 1.00 bits per heavy atom. The van der Waals surface area contributed by atoms with Crippen molar-refractivity contribution in [3.63, 3.8) is 0 Å². The van der Waals surface area contributed by atoms with Crippen molar-refractivity contribution in [3.8, 4) is 33.2 Å². The van der Waals surface area contributed by atoms with Gasteiger partial charge in [0.25, 0.3) is 0 Å². The van der Waals surface area contributed by atoms with Crippen LogP contribution in [-0.4, -0.2) is 36.0 Å². The lowest BCUT2D eigenvalue weighted by molar-refractivity contribution is -0.120. The normalized spacial score (nSPS) is 14.2. The zero-order valence-corrected chi connectivity index (χ0v) is 22.0. The van der Waals surface area contributed by atoms with Gasteiger partial charge in [-0.2, -0.15) is 9.49 Å². The molecule has 1 aromatic carbocycles. The minimum atomic E-state index is -0.501. The zero-order valence-electron chi connectivity index (χ0n) is 21.2. The van der Waals surface area contributed by atoms with E-state index in [-0.39, 0.29) is 22.5 Å². The molecule has 3 N–H and O–H groups in total. The van der Waals surface area contributed by atoms with E-state index in [1.54, 1.807) is 36.8 Å². The van der Waals surface area contributed by atoms with Crippen LogP contribution in [0.15, 0.2) is 55.0 Å². The van der Waals surface area contributed by atoms with Gasteiger partial charge >= 0.3 is 0 Å². The summed E-state index contributed by atoms with van der Waals surface area (Å²) < 4.78 is 29.0. The Morgan fingerprint density at radius 2 is 1.88 bits per heavy atom. The van der Waals surface area contributed by atoms with Crippen molar-refractivity contribution in [2.45, 2.75) is 32.1 Å². The highest BCUT2D eigenvalue weighted by molar-refractivity contribution is 7.13. The van der Waals surface area contributed by atoms with Crippen LogP contribution in [0, 0.1) is 16.9 Å². The van der Waals surface area contributed by atoms with Crippen molar-refractivity contribution in [2.75, 3.05) is 5.32 Å². The number of thiophene rings is 1. The summed E-state index contributed by atoms with van der Waals surface area (Å²) in [6, 6.07) is 9.87. The van der Waals surface area contributed by atoms with Crippen LogP contribution in [0.4, 0.5) is 14.5 Å². The number of rotatable bonds is 5. The maximum Gasteiger partial charge on any atom is 0.227 e. The van der Waals surface area contributed by atoms with Crippen LogP contribution >= 0.6 is 11.3 Å². The molecular weight excluding hydrogens is 532 g/mol. The number of nitrogens with one attached hydrogen (secondary N) is 3. The molecule has 0 unspecified atom stereocenters. The predicted molar refractivity (Wildman–Crippen MR) is 151 cm³/mol. The van der Waals surface area contributed by atoms with Crippen molar-refractivity contribution in [3.05, 3.63) is 65.9 Å². The Bertz CT molecular complexity index is 1890. The van der Waals surface area contributed by atoms with Gasteiger partial charge in [-0.05, 0) is 54.8 Å². The van der Waals surface area contributed by atoms with Crippen molar-refractivity contribution >= 4 is 44.9 Å². The first kappa shape index (κ1) is 24.5. The van der Waals surface area contributed by atoms with Gasteiger partial charge in [0.05, 0.1) is 22.3 Å². The topological polar surface area (TPSA) is 112 Å². The van der Waals surface area contributed by atoms with Gasteiger partial charge in [0.15, 0.2) is 16.8 Å². The van der Waals surface area contributed by atoms with Crippen molar-refractivity contribution in [1.82, 2.24) is 30.1 Å². The summed E-state index contributed by atoms with van der Waals surface area (Å²) in [5.74, 6) is -0.0365. The summed E-state index contributed by atoms with van der Waals surface area (Å²) in [6.45, 7) is 0. The number of hydrogen-bond acceptors (Lipinski definition) is 6. The highest BCUT2D eigenvalue weighted by Gasteiger charge is 2.22. The van der Waals surface area contributed by atoms with Crippen molar-refractivity contribution < 1.29 is 13.6 Å². The molecule has 1 fully saturated rings. The second-order valence-corrected chi connectivity index (χ2v) is 11.0. The van der Waals surface area contributed by atoms with Gasteiger partial charge in [-0.25, -0.2) is 9.37 Å². The molecule has 1 aliphatic rings. The lowest BCUT2D eigenvalue weighted by Gasteiger charge is -2.20. The molecule has 5 aromatic heterocycles. The molecule has 40 heavy (non-hydrogen) atoms. The number of pyridine rings is 2. The first-order chi connectivity index (χ1) is 19.5. The maximum atomic E-state index is 15.3. The van der Waals surface area contributed by atoms with Gasteiger partial charge in [-0.1, -0.05) is 19.3 Å². The van der Waals surface area contributed by atoms with Crippen molar-refractivity contribution in [1.29, 1.82) is 0 Å². The lowest BCUT2D eigenvalue weighted by atomic mass is 9.88. The molecule has 0 bridgehead atoms. The van der Waals surface area contributed by atoms with Gasteiger partial charge in [0.2, 0.25) is 5.91 Å². The number of anilines is 1. The van der Waals surface area contributed by atoms with Crippen LogP contribution in [-0.2, 0) is 4.79 Å². The molecule has 0 spiro atoms. The Labute approximate surface area is 230 Å². The van der Waals surface area contributed by atoms with Crippen LogP contribution in [0.5, 0.6) is 0 Å². The number of carbonyl (C=O) groups is 1. The minimum absolute atomic E-state index is 0.00133. The van der Waals surface area contributed by atoms with Crippen LogP contribution in [0.1, 0.15) is 32.1 Å². The molecule has 0 radical (unpaired) electrons. The number of aromatic amines is 2. The van der Waals surface area contributed by atoms with Crippen LogP contribution in [0.2, 0.25) is 0 Å². The molecule has 200 valence electrons. The van der Waals surface area contributed by atoms with E-state index in [1.165, 1.54) is 18.6 Å². The number of carbonyl (C=O) groups excluding carboxylic acids is 1. The van der Waals surface area contributed by atoms with Crippen molar-refractivity contribution in [2.24, 2.45) is 5.92 Å². The average Bonchev–Trinajstić information content (AvgIpc) is 3.71. The third kappa shape index (κ3) is 4.41. The molecule has 6 aromatic rings. The predicted octanol–water partition coefficient (Wildman–Crippen LogP) is 7.09. The molecular formula is C29H23F2N7OS. The van der Waals surface area contributed by atoms with Gasteiger partial charge in [-0.15, -0.1) is 11.3 Å². The summed E-state index contributed by atoms with van der Waals surface area (Å²) in [4.78, 5) is 30.1. The molecule has 5 heterocycles. The SMILES string of the molecule is O=C(Nc1cncc(-c2cc(F)c3n[nH]c(-c4nc5c(-c6ccc(F)s6)nccc5[nH]4)c3c2)c1)C1CCCCC1. The van der Waals surface area contributed by atoms with Crippen LogP contribution in [0.25, 0.3) is 55.2 Å². The molecule has 7 rings (SSSR count). The van der Waals surface area contributed by atoms with E-state index < -0.39 is 5.82 Å². The van der Waals surface area contributed by atoms with E-state index in [9.17, 15) is 9.18 Å². The Balaban J connectivity index is 1.25. The maximum absolute atomic E-state index is 15.3. The van der Waals surface area contributed by atoms with E-state index in [1.807, 2.05) is 6.07 Å². The minimum Gasteiger partial charge on any atom is -0.337 e. The summed E-state index contributed by atoms with van der Waals surface area (Å²) in [7, 11) is 0. The number of benzene rings is 1. The van der Waals surface area contributed by atoms with Gasteiger partial charge in [-0.3, -0.25) is 19.9 Å². The number of aromatic nitrogens is 6. The van der Waals surface area contributed by atoms with E-state index >= 15 is 4.39 Å². The second-order valence-electron chi connectivity index (χ2n) is 9.98. The fraction of sp³-hybridized carbons (Fsp3) is 0.207. The largest absolute Gasteiger partial charge is 0.337 e. The van der Waals surface area contributed by atoms with Crippen LogP contribution in [0.3, 0.4) is 0 Å². The highest BCUT2D eigenvalue weighted by atomic mass is 32.1. The van der Waals surface area contributed by atoms with Gasteiger partial charge in [0.1, 0.15) is 22.4 Å². The number of hydrogen-bond donors (Lipinski definition) is 3. The monoisotopic (exact) mass is 555 g/mol. The molecule has 1 amide bonds. The van der Waals surface area contributed by atoms with E-state index in [2.05, 4.69) is 30.5 Å². The fourth-order valence-electron chi connectivity index (χ4n) is 5.37. The summed E-state index contributed by atoms with van der Waals surface area (Å²) in [6.07, 6.45) is 9.97. The number of halogens is 2.